The highest BCUT2D eigenvalue weighted by Crippen LogP contribution is 2.30. The number of anilines is 1. The molecule has 2 heterocycles. The van der Waals surface area contributed by atoms with Crippen molar-refractivity contribution >= 4 is 23.5 Å². The van der Waals surface area contributed by atoms with E-state index < -0.39 is 5.60 Å². The lowest BCUT2D eigenvalue weighted by atomic mass is 10.1. The molecule has 7 heteroatoms. The van der Waals surface area contributed by atoms with E-state index in [2.05, 4.69) is 20.6 Å². The Labute approximate surface area is 141 Å². The molecule has 2 rings (SSSR count). The second kappa shape index (κ2) is 7.55. The second-order valence-electron chi connectivity index (χ2n) is 6.47. The Morgan fingerprint density at radius 3 is 3.04 bits per heavy atom. The summed E-state index contributed by atoms with van der Waals surface area (Å²) < 4.78 is 5.32. The summed E-state index contributed by atoms with van der Waals surface area (Å²) >= 11 is 1.11. The molecule has 0 saturated carbocycles. The maximum absolute atomic E-state index is 11.9. The Bertz CT molecular complexity index is 594. The number of aromatic nitrogens is 1. The summed E-state index contributed by atoms with van der Waals surface area (Å²) in [4.78, 5) is 19.0. The van der Waals surface area contributed by atoms with E-state index in [0.29, 0.717) is 6.54 Å². The van der Waals surface area contributed by atoms with E-state index in [-0.39, 0.29) is 12.1 Å². The van der Waals surface area contributed by atoms with Crippen molar-refractivity contribution in [2.24, 2.45) is 0 Å². The van der Waals surface area contributed by atoms with Crippen molar-refractivity contribution < 1.29 is 9.53 Å². The Morgan fingerprint density at radius 1 is 1.57 bits per heavy atom. The first kappa shape index (κ1) is 17.4. The molecule has 0 unspecified atom stereocenters. The smallest absolute Gasteiger partial charge is 0.407 e. The molecule has 1 fully saturated rings. The number of alkyl carbamates (subject to hydrolysis) is 1. The first-order chi connectivity index (χ1) is 10.9. The third-order valence-corrected chi connectivity index (χ3v) is 4.03. The number of nitrogens with zero attached hydrogens (tertiary/aromatic N) is 3. The molecule has 0 radical (unpaired) electrons. The molecule has 1 aliphatic heterocycles. The lowest BCUT2D eigenvalue weighted by Crippen LogP contribution is -2.49. The highest BCUT2D eigenvalue weighted by molar-refractivity contribution is 8.03. The minimum atomic E-state index is -0.500. The van der Waals surface area contributed by atoms with E-state index in [1.165, 1.54) is 0 Å². The Hall–Kier alpha value is -1.94. The first-order valence-electron chi connectivity index (χ1n) is 7.63. The monoisotopic (exact) mass is 334 g/mol. The van der Waals surface area contributed by atoms with E-state index in [9.17, 15) is 4.79 Å². The quantitative estimate of drug-likeness (QED) is 0.676. The van der Waals surface area contributed by atoms with Gasteiger partial charge in [0.1, 0.15) is 11.0 Å². The summed E-state index contributed by atoms with van der Waals surface area (Å²) in [7, 11) is 0. The minimum absolute atomic E-state index is 0.0340. The summed E-state index contributed by atoms with van der Waals surface area (Å²) in [5.41, 5.74) is 0.488. The number of carbonyl (C=O) groups is 1. The third kappa shape index (κ3) is 5.32. The number of amides is 1. The molecule has 1 N–H and O–H groups in total. The maximum atomic E-state index is 11.9. The van der Waals surface area contributed by atoms with Gasteiger partial charge in [0.2, 0.25) is 0 Å². The number of ether oxygens (including phenoxy) is 1. The molecule has 0 aromatic carbocycles. The summed E-state index contributed by atoms with van der Waals surface area (Å²) in [6.07, 6.45) is 4.93. The molecule has 23 heavy (non-hydrogen) atoms. The SMILES string of the molecule is CC(C)(C)OC(=O)N[C@@H]1CCCN(c2ccncc2SC#N)C1. The van der Waals surface area contributed by atoms with Gasteiger partial charge in [0, 0.05) is 31.5 Å². The number of pyridine rings is 1. The normalized spacial score (nSPS) is 18.2. The number of carbonyl (C=O) groups excluding carboxylic acids is 1. The van der Waals surface area contributed by atoms with Crippen molar-refractivity contribution in [2.75, 3.05) is 18.0 Å². The number of piperidine rings is 1. The number of hydrogen-bond acceptors (Lipinski definition) is 6. The van der Waals surface area contributed by atoms with Crippen LogP contribution in [0.1, 0.15) is 33.6 Å². The molecule has 1 aliphatic rings. The van der Waals surface area contributed by atoms with E-state index in [0.717, 1.165) is 41.7 Å². The maximum Gasteiger partial charge on any atom is 0.407 e. The van der Waals surface area contributed by atoms with Crippen LogP contribution >= 0.6 is 11.8 Å². The van der Waals surface area contributed by atoms with Crippen LogP contribution in [0.15, 0.2) is 23.4 Å². The zero-order chi connectivity index (χ0) is 16.9. The van der Waals surface area contributed by atoms with E-state index in [1.807, 2.05) is 26.8 Å². The van der Waals surface area contributed by atoms with Crippen molar-refractivity contribution in [2.45, 2.75) is 50.2 Å². The Morgan fingerprint density at radius 2 is 2.35 bits per heavy atom. The Balaban J connectivity index is 2.01. The van der Waals surface area contributed by atoms with Gasteiger partial charge >= 0.3 is 6.09 Å². The van der Waals surface area contributed by atoms with Gasteiger partial charge in [-0.05, 0) is 51.4 Å². The van der Waals surface area contributed by atoms with Crippen molar-refractivity contribution in [1.82, 2.24) is 10.3 Å². The predicted molar refractivity (Wildman–Crippen MR) is 90.3 cm³/mol. The molecule has 1 saturated heterocycles. The molecular weight excluding hydrogens is 312 g/mol. The van der Waals surface area contributed by atoms with Gasteiger partial charge in [0.15, 0.2) is 0 Å². The number of thiocyanates is 1. The topological polar surface area (TPSA) is 78.2 Å². The number of nitrogens with one attached hydrogen (secondary N) is 1. The highest BCUT2D eigenvalue weighted by Gasteiger charge is 2.25. The van der Waals surface area contributed by atoms with Gasteiger partial charge in [-0.25, -0.2) is 4.79 Å². The van der Waals surface area contributed by atoms with Crippen molar-refractivity contribution in [3.8, 4) is 5.40 Å². The molecule has 124 valence electrons. The fourth-order valence-corrected chi connectivity index (χ4v) is 3.06. The van der Waals surface area contributed by atoms with Gasteiger partial charge in [-0.2, -0.15) is 5.26 Å². The molecule has 1 aromatic heterocycles. The largest absolute Gasteiger partial charge is 0.444 e. The van der Waals surface area contributed by atoms with Gasteiger partial charge in [0.25, 0.3) is 0 Å². The summed E-state index contributed by atoms with van der Waals surface area (Å²) in [5, 5.41) is 13.9. The lowest BCUT2D eigenvalue weighted by molar-refractivity contribution is 0.0500. The first-order valence-corrected chi connectivity index (χ1v) is 8.45. The lowest BCUT2D eigenvalue weighted by Gasteiger charge is -2.35. The van der Waals surface area contributed by atoms with Crippen molar-refractivity contribution in [1.29, 1.82) is 5.26 Å². The summed E-state index contributed by atoms with van der Waals surface area (Å²) in [5.74, 6) is 0. The third-order valence-electron chi connectivity index (χ3n) is 3.40. The van der Waals surface area contributed by atoms with Crippen LogP contribution in [0.25, 0.3) is 0 Å². The van der Waals surface area contributed by atoms with Crippen LogP contribution in [0, 0.1) is 10.7 Å². The molecule has 1 aromatic rings. The number of thioether (sulfide) groups is 1. The average Bonchev–Trinajstić information content (AvgIpc) is 2.46. The fraction of sp³-hybridized carbons (Fsp3) is 0.562. The van der Waals surface area contributed by atoms with Gasteiger partial charge in [-0.3, -0.25) is 4.98 Å². The number of nitriles is 1. The highest BCUT2D eigenvalue weighted by atomic mass is 32.2. The zero-order valence-electron chi connectivity index (χ0n) is 13.7. The standard InChI is InChI=1S/C16H22N4O2S/c1-16(2,3)22-15(21)19-12-5-4-8-20(10-12)13-6-7-18-9-14(13)23-11-17/h6-7,9,12H,4-5,8,10H2,1-3H3,(H,19,21)/t12-/m1/s1. The van der Waals surface area contributed by atoms with Crippen LogP contribution in [-0.2, 0) is 4.74 Å². The van der Waals surface area contributed by atoms with Gasteiger partial charge in [-0.15, -0.1) is 0 Å². The molecule has 0 spiro atoms. The van der Waals surface area contributed by atoms with Gasteiger partial charge in [0.05, 0.1) is 10.6 Å². The molecule has 1 atom stereocenters. The van der Waals surface area contributed by atoms with E-state index in [1.54, 1.807) is 12.4 Å². The van der Waals surface area contributed by atoms with Crippen LogP contribution < -0.4 is 10.2 Å². The number of rotatable bonds is 3. The summed E-state index contributed by atoms with van der Waals surface area (Å²) in [6, 6.07) is 1.95. The summed E-state index contributed by atoms with van der Waals surface area (Å²) in [6.45, 7) is 7.14. The van der Waals surface area contributed by atoms with Crippen molar-refractivity contribution in [3.05, 3.63) is 18.5 Å². The number of hydrogen-bond donors (Lipinski definition) is 1. The second-order valence-corrected chi connectivity index (χ2v) is 7.29. The van der Waals surface area contributed by atoms with Crippen LogP contribution in [0.2, 0.25) is 0 Å². The van der Waals surface area contributed by atoms with Crippen molar-refractivity contribution in [3.63, 3.8) is 0 Å². The molecule has 6 nitrogen and oxygen atoms in total. The van der Waals surface area contributed by atoms with Gasteiger partial charge in [-0.1, -0.05) is 0 Å². The van der Waals surface area contributed by atoms with E-state index >= 15 is 0 Å². The molecule has 1 amide bonds. The van der Waals surface area contributed by atoms with Crippen LogP contribution in [0.4, 0.5) is 10.5 Å². The zero-order valence-corrected chi connectivity index (χ0v) is 14.5. The molecular formula is C16H22N4O2S. The van der Waals surface area contributed by atoms with E-state index in [4.69, 9.17) is 10.00 Å². The predicted octanol–water partition coefficient (Wildman–Crippen LogP) is 3.15. The van der Waals surface area contributed by atoms with Crippen LogP contribution in [0.3, 0.4) is 0 Å². The Kier molecular flexibility index (Phi) is 5.72. The fourth-order valence-electron chi connectivity index (χ4n) is 2.55. The molecule has 0 bridgehead atoms. The molecule has 0 aliphatic carbocycles. The minimum Gasteiger partial charge on any atom is -0.444 e. The van der Waals surface area contributed by atoms with Gasteiger partial charge < -0.3 is 15.0 Å². The van der Waals surface area contributed by atoms with Crippen LogP contribution in [-0.4, -0.2) is 35.8 Å². The van der Waals surface area contributed by atoms with Crippen LogP contribution in [0.5, 0.6) is 0 Å². The average molecular weight is 334 g/mol.